The number of aryl methyl sites for hydroxylation is 2. The van der Waals surface area contributed by atoms with Crippen molar-refractivity contribution in [2.45, 2.75) is 39.7 Å². The van der Waals surface area contributed by atoms with Crippen LogP contribution in [-0.2, 0) is 7.05 Å². The smallest absolute Gasteiger partial charge is 0.331 e. The van der Waals surface area contributed by atoms with Gasteiger partial charge in [0.2, 0.25) is 5.95 Å². The molecule has 0 saturated carbocycles. The number of fused-ring (bicyclic) bond motifs is 2. The molecule has 2 fully saturated rings. The van der Waals surface area contributed by atoms with Crippen molar-refractivity contribution in [2.75, 3.05) is 60.7 Å². The maximum absolute atomic E-state index is 13.6. The van der Waals surface area contributed by atoms with Crippen molar-refractivity contribution >= 4 is 45.3 Å². The molecule has 0 spiro atoms. The van der Waals surface area contributed by atoms with Crippen molar-refractivity contribution in [2.24, 2.45) is 7.05 Å². The molecule has 0 bridgehead atoms. The summed E-state index contributed by atoms with van der Waals surface area (Å²) in [7, 11) is 1.74. The standard InChI is InChI=1S/C31H38N6O4S/c1-5-40-26-18-22-24(19-27(26)41-6-2)32-30(36-13-15-42-16-14-36)33-28(22)35-11-9-21(10-12-35)37-29(38)23-17-20(3)7-8-25(23)34(4)31(37)39/h7-8,17-19,21H,5-6,9-16H2,1-4H3. The molecule has 10 nitrogen and oxygen atoms in total. The van der Waals surface area contributed by atoms with Crippen molar-refractivity contribution in [3.63, 3.8) is 0 Å². The zero-order valence-corrected chi connectivity index (χ0v) is 25.6. The van der Waals surface area contributed by atoms with Gasteiger partial charge in [-0.05, 0) is 51.8 Å². The summed E-state index contributed by atoms with van der Waals surface area (Å²) >= 11 is 1.95. The highest BCUT2D eigenvalue weighted by Gasteiger charge is 2.28. The Labute approximate surface area is 249 Å². The van der Waals surface area contributed by atoms with Crippen molar-refractivity contribution in [1.29, 1.82) is 0 Å². The van der Waals surface area contributed by atoms with Crippen LogP contribution in [0, 0.1) is 6.92 Å². The molecule has 42 heavy (non-hydrogen) atoms. The third-order valence-corrected chi connectivity index (χ3v) is 9.15. The largest absolute Gasteiger partial charge is 0.490 e. The summed E-state index contributed by atoms with van der Waals surface area (Å²) in [5.74, 6) is 5.02. The second-order valence-corrected chi connectivity index (χ2v) is 12.1. The normalized spacial score (nSPS) is 16.4. The first-order valence-electron chi connectivity index (χ1n) is 14.8. The highest BCUT2D eigenvalue weighted by atomic mass is 32.2. The molecule has 0 N–H and O–H groups in total. The van der Waals surface area contributed by atoms with E-state index in [-0.39, 0.29) is 17.3 Å². The van der Waals surface area contributed by atoms with E-state index in [1.165, 1.54) is 4.57 Å². The van der Waals surface area contributed by atoms with E-state index in [2.05, 4.69) is 9.80 Å². The molecule has 6 rings (SSSR count). The number of ether oxygens (including phenoxy) is 2. The second kappa shape index (κ2) is 11.9. The van der Waals surface area contributed by atoms with Gasteiger partial charge in [-0.3, -0.25) is 13.9 Å². The van der Waals surface area contributed by atoms with Crippen LogP contribution in [0.4, 0.5) is 11.8 Å². The summed E-state index contributed by atoms with van der Waals surface area (Å²) in [5, 5.41) is 1.49. The van der Waals surface area contributed by atoms with Crippen LogP contribution in [0.2, 0.25) is 0 Å². The van der Waals surface area contributed by atoms with Crippen LogP contribution in [0.1, 0.15) is 38.3 Å². The molecular weight excluding hydrogens is 552 g/mol. The lowest BCUT2D eigenvalue weighted by Crippen LogP contribution is -2.45. The van der Waals surface area contributed by atoms with Gasteiger partial charge in [-0.1, -0.05) is 11.6 Å². The van der Waals surface area contributed by atoms with Gasteiger partial charge in [0.05, 0.1) is 29.6 Å². The summed E-state index contributed by atoms with van der Waals surface area (Å²) in [4.78, 5) is 41.6. The van der Waals surface area contributed by atoms with Gasteiger partial charge in [0, 0.05) is 62.2 Å². The van der Waals surface area contributed by atoms with Gasteiger partial charge in [0.1, 0.15) is 5.82 Å². The predicted octanol–water partition coefficient (Wildman–Crippen LogP) is 4.14. The summed E-state index contributed by atoms with van der Waals surface area (Å²) in [5.41, 5.74) is 2.00. The molecule has 2 aromatic heterocycles. The Hall–Kier alpha value is -3.73. The van der Waals surface area contributed by atoms with Gasteiger partial charge >= 0.3 is 5.69 Å². The molecule has 2 aliphatic heterocycles. The number of rotatable bonds is 7. The first-order valence-corrected chi connectivity index (χ1v) is 16.0. The molecule has 2 aliphatic rings. The average molecular weight is 591 g/mol. The number of anilines is 2. The van der Waals surface area contributed by atoms with Gasteiger partial charge in [-0.25, -0.2) is 9.78 Å². The minimum Gasteiger partial charge on any atom is -0.490 e. The van der Waals surface area contributed by atoms with Crippen LogP contribution in [-0.4, -0.2) is 70.0 Å². The molecule has 0 unspecified atom stereocenters. The van der Waals surface area contributed by atoms with Crippen LogP contribution in [0.15, 0.2) is 39.9 Å². The maximum Gasteiger partial charge on any atom is 0.331 e. The topological polar surface area (TPSA) is 94.7 Å². The molecule has 2 saturated heterocycles. The lowest BCUT2D eigenvalue weighted by Gasteiger charge is -2.35. The van der Waals surface area contributed by atoms with E-state index in [4.69, 9.17) is 19.4 Å². The van der Waals surface area contributed by atoms with Gasteiger partial charge in [0.25, 0.3) is 5.56 Å². The fraction of sp³-hybridized carbons (Fsp3) is 0.484. The molecule has 4 heterocycles. The highest BCUT2D eigenvalue weighted by molar-refractivity contribution is 7.99. The van der Waals surface area contributed by atoms with Crippen molar-refractivity contribution < 1.29 is 9.47 Å². The predicted molar refractivity (Wildman–Crippen MR) is 170 cm³/mol. The van der Waals surface area contributed by atoms with E-state index in [9.17, 15) is 9.59 Å². The van der Waals surface area contributed by atoms with Crippen LogP contribution in [0.5, 0.6) is 11.5 Å². The van der Waals surface area contributed by atoms with E-state index in [0.717, 1.165) is 52.8 Å². The highest BCUT2D eigenvalue weighted by Crippen LogP contribution is 2.38. The van der Waals surface area contributed by atoms with Crippen molar-refractivity contribution in [3.05, 3.63) is 56.7 Å². The van der Waals surface area contributed by atoms with Crippen LogP contribution in [0.3, 0.4) is 0 Å². The third-order valence-electron chi connectivity index (χ3n) is 8.21. The van der Waals surface area contributed by atoms with E-state index in [0.29, 0.717) is 61.5 Å². The van der Waals surface area contributed by atoms with E-state index in [1.807, 2.05) is 62.9 Å². The Kier molecular flexibility index (Phi) is 8.02. The van der Waals surface area contributed by atoms with Crippen molar-refractivity contribution in [3.8, 4) is 11.5 Å². The molecule has 0 aliphatic carbocycles. The third kappa shape index (κ3) is 5.19. The second-order valence-electron chi connectivity index (χ2n) is 10.9. The van der Waals surface area contributed by atoms with Crippen LogP contribution >= 0.6 is 11.8 Å². The Morgan fingerprint density at radius 3 is 2.26 bits per heavy atom. The lowest BCUT2D eigenvalue weighted by molar-refractivity contribution is 0.288. The molecule has 4 aromatic rings. The fourth-order valence-corrected chi connectivity index (χ4v) is 6.95. The quantitative estimate of drug-likeness (QED) is 0.315. The number of nitrogens with zero attached hydrogens (tertiary/aromatic N) is 6. The zero-order valence-electron chi connectivity index (χ0n) is 24.8. The number of piperidine rings is 1. The Morgan fingerprint density at radius 1 is 0.881 bits per heavy atom. The van der Waals surface area contributed by atoms with E-state index in [1.54, 1.807) is 11.6 Å². The first-order chi connectivity index (χ1) is 20.4. The average Bonchev–Trinajstić information content (AvgIpc) is 3.01. The summed E-state index contributed by atoms with van der Waals surface area (Å²) in [6, 6.07) is 9.43. The van der Waals surface area contributed by atoms with E-state index < -0.39 is 0 Å². The van der Waals surface area contributed by atoms with E-state index >= 15 is 0 Å². The Balaban J connectivity index is 1.38. The Morgan fingerprint density at radius 2 is 1.57 bits per heavy atom. The molecule has 11 heteroatoms. The van der Waals surface area contributed by atoms with Gasteiger partial charge in [0.15, 0.2) is 11.5 Å². The summed E-state index contributed by atoms with van der Waals surface area (Å²) < 4.78 is 14.9. The monoisotopic (exact) mass is 590 g/mol. The number of hydrogen-bond donors (Lipinski definition) is 0. The van der Waals surface area contributed by atoms with Gasteiger partial charge in [-0.2, -0.15) is 16.7 Å². The van der Waals surface area contributed by atoms with Gasteiger partial charge in [-0.15, -0.1) is 0 Å². The number of hydrogen-bond acceptors (Lipinski definition) is 9. The molecule has 0 radical (unpaired) electrons. The maximum atomic E-state index is 13.6. The molecule has 2 aromatic carbocycles. The molecule has 0 amide bonds. The van der Waals surface area contributed by atoms with Crippen LogP contribution in [0.25, 0.3) is 21.8 Å². The van der Waals surface area contributed by atoms with Crippen molar-refractivity contribution in [1.82, 2.24) is 19.1 Å². The van der Waals surface area contributed by atoms with Crippen LogP contribution < -0.4 is 30.5 Å². The Bertz CT molecular complexity index is 1740. The molecule has 222 valence electrons. The number of aromatic nitrogens is 4. The SMILES string of the molecule is CCOc1cc2nc(N3CCSCC3)nc(N3CCC(n4c(=O)c5cc(C)ccc5n(C)c4=O)CC3)c2cc1OCC. The summed E-state index contributed by atoms with van der Waals surface area (Å²) in [6.45, 7) is 10.1. The fourth-order valence-electron chi connectivity index (χ4n) is 6.04. The number of thioether (sulfide) groups is 1. The first kappa shape index (κ1) is 28.4. The molecule has 0 atom stereocenters. The zero-order chi connectivity index (χ0) is 29.4. The minimum atomic E-state index is -0.266. The summed E-state index contributed by atoms with van der Waals surface area (Å²) in [6.07, 6.45) is 1.31. The minimum absolute atomic E-state index is 0.187. The van der Waals surface area contributed by atoms with Gasteiger partial charge < -0.3 is 19.3 Å². The number of benzene rings is 2. The molecular formula is C31H38N6O4S. The lowest BCUT2D eigenvalue weighted by atomic mass is 10.0.